The molecular formula is C18H12F9NdO12. The van der Waals surface area contributed by atoms with Gasteiger partial charge in [-0.2, -0.15) is 39.5 Å². The largest absolute Gasteiger partial charge is 3.00 e. The van der Waals surface area contributed by atoms with E-state index in [1.165, 1.54) is 0 Å². The van der Waals surface area contributed by atoms with Crippen LogP contribution in [0.3, 0.4) is 0 Å². The van der Waals surface area contributed by atoms with E-state index < -0.39 is 110 Å². The molecule has 0 bridgehead atoms. The number of hydrogen-bond acceptors (Lipinski definition) is 12. The first-order valence-electron chi connectivity index (χ1n) is 9.14. The van der Waals surface area contributed by atoms with E-state index in [1.807, 2.05) is 0 Å². The van der Waals surface area contributed by atoms with Crippen molar-refractivity contribution in [3.63, 3.8) is 0 Å². The van der Waals surface area contributed by atoms with Gasteiger partial charge in [-0.05, 0) is 0 Å². The third-order valence-corrected chi connectivity index (χ3v) is 3.05. The van der Waals surface area contributed by atoms with Crippen LogP contribution in [0.2, 0.25) is 0 Å². The summed E-state index contributed by atoms with van der Waals surface area (Å²) in [6.45, 7) is 0. The van der Waals surface area contributed by atoms with Gasteiger partial charge in [-0.3, -0.25) is 28.8 Å². The molecule has 0 rings (SSSR count). The molecule has 223 valence electrons. The van der Waals surface area contributed by atoms with Crippen LogP contribution in [-0.4, -0.2) is 71.1 Å². The minimum absolute atomic E-state index is 0. The maximum atomic E-state index is 11.5. The number of carbonyl (C=O) groups excluding carboxylic acids is 9. The molecule has 0 aromatic heterocycles. The van der Waals surface area contributed by atoms with E-state index in [2.05, 4.69) is 0 Å². The molecule has 0 aliphatic rings. The third kappa shape index (κ3) is 26.7. The third-order valence-electron chi connectivity index (χ3n) is 3.05. The second-order valence-corrected chi connectivity index (χ2v) is 6.56. The van der Waals surface area contributed by atoms with Crippen molar-refractivity contribution in [1.82, 2.24) is 0 Å². The molecule has 0 aromatic rings. The van der Waals surface area contributed by atoms with Crippen LogP contribution in [0.5, 0.6) is 0 Å². The van der Waals surface area contributed by atoms with Crippen molar-refractivity contribution >= 4 is 52.6 Å². The van der Waals surface area contributed by atoms with Crippen molar-refractivity contribution in [1.29, 1.82) is 0 Å². The van der Waals surface area contributed by atoms with Gasteiger partial charge in [-0.25, -0.2) is 0 Å². The van der Waals surface area contributed by atoms with Gasteiger partial charge in [0, 0.05) is 37.2 Å². The number of aliphatic carboxylic acids is 3. The molecule has 22 heteroatoms. The summed E-state index contributed by atoms with van der Waals surface area (Å²) >= 11 is 0. The molecule has 0 aliphatic carbocycles. The molecule has 0 aliphatic heterocycles. The Morgan fingerprint density at radius 3 is 0.625 bits per heavy atom. The summed E-state index contributed by atoms with van der Waals surface area (Å²) in [5.74, 6) is -16.1. The van der Waals surface area contributed by atoms with Gasteiger partial charge in [0.25, 0.3) is 0 Å². The molecule has 40 heavy (non-hydrogen) atoms. The summed E-state index contributed by atoms with van der Waals surface area (Å²) in [7, 11) is 0. The summed E-state index contributed by atoms with van der Waals surface area (Å²) in [5, 5.41) is 29.1. The second-order valence-electron chi connectivity index (χ2n) is 6.56. The molecule has 12 nitrogen and oxygen atoms in total. The summed E-state index contributed by atoms with van der Waals surface area (Å²) in [6.07, 6.45) is -23.2. The molecule has 0 aromatic carbocycles. The molecule has 0 heterocycles. The van der Waals surface area contributed by atoms with Gasteiger partial charge in [0.1, 0.15) is 17.3 Å². The van der Waals surface area contributed by atoms with E-state index in [0.29, 0.717) is 0 Å². The zero-order chi connectivity index (χ0) is 31.9. The number of Topliss-reactive ketones (excluding diaryl/α,β-unsaturated/α-hetero) is 6. The predicted molar refractivity (Wildman–Crippen MR) is 90.9 cm³/mol. The number of alkyl halides is 9. The fraction of sp³-hybridized carbons (Fsp3) is 0.500. The van der Waals surface area contributed by atoms with E-state index in [1.54, 1.807) is 0 Å². The average Bonchev–Trinajstić information content (AvgIpc) is 2.64. The van der Waals surface area contributed by atoms with Crippen molar-refractivity contribution in [2.45, 2.75) is 57.1 Å². The smallest absolute Gasteiger partial charge is 0.550 e. The van der Waals surface area contributed by atoms with Gasteiger partial charge in [0.05, 0.1) is 19.3 Å². The van der Waals surface area contributed by atoms with Crippen molar-refractivity contribution in [3.05, 3.63) is 0 Å². The van der Waals surface area contributed by atoms with Crippen LogP contribution in [0.25, 0.3) is 0 Å². The van der Waals surface area contributed by atoms with Crippen LogP contribution in [-0.2, 0) is 43.2 Å². The fourth-order valence-electron chi connectivity index (χ4n) is 1.51. The molecule has 0 N–H and O–H groups in total. The SMILES string of the molecule is O=C([O-])CC(=O)CC(=O)C(F)(F)F.O=C([O-])CC(=O)CC(=O)C(F)(F)F.O=C([O-])CC(=O)CC(=O)C(F)(F)F.[Nd+3]. The molecular weight excluding hydrogens is 723 g/mol. The van der Waals surface area contributed by atoms with Gasteiger partial charge in [0.15, 0.2) is 0 Å². The maximum absolute atomic E-state index is 11.5. The number of rotatable bonds is 12. The average molecular weight is 736 g/mol. The Kier molecular flexibility index (Phi) is 21.3. The summed E-state index contributed by atoms with van der Waals surface area (Å²) in [4.78, 5) is 90.5. The van der Waals surface area contributed by atoms with Crippen LogP contribution in [0.15, 0.2) is 0 Å². The molecule has 0 amide bonds. The second kappa shape index (κ2) is 19.3. The van der Waals surface area contributed by atoms with Gasteiger partial charge in [-0.15, -0.1) is 0 Å². The van der Waals surface area contributed by atoms with E-state index in [9.17, 15) is 98.0 Å². The standard InChI is InChI=1S/3C6H5F3O4.Nd/c3*7-6(8,9)4(11)1-3(10)2-5(12)13;/h3*1-2H2,(H,12,13);/q;;;+3/p-3. The summed E-state index contributed by atoms with van der Waals surface area (Å²) in [5.41, 5.74) is 0. The number of carboxylic acid groups (broad SMARTS) is 3. The molecule has 0 fully saturated rings. The topological polar surface area (TPSA) is 223 Å². The number of carboxylic acids is 3. The van der Waals surface area contributed by atoms with Gasteiger partial charge in [0.2, 0.25) is 17.3 Å². The Balaban J connectivity index is -0.000000240. The Morgan fingerprint density at radius 1 is 0.375 bits per heavy atom. The molecule has 0 saturated carbocycles. The zero-order valence-electron chi connectivity index (χ0n) is 19.0. The van der Waals surface area contributed by atoms with Crippen LogP contribution >= 0.6 is 0 Å². The van der Waals surface area contributed by atoms with Crippen LogP contribution in [0.4, 0.5) is 39.5 Å². The van der Waals surface area contributed by atoms with Crippen LogP contribution in [0.1, 0.15) is 38.5 Å². The Hall–Kier alpha value is -2.85. The molecule has 0 saturated heterocycles. The molecule has 0 atom stereocenters. The quantitative estimate of drug-likeness (QED) is 0.152. The molecule has 0 unspecified atom stereocenters. The predicted octanol–water partition coefficient (Wildman–Crippen LogP) is -2.35. The maximum Gasteiger partial charge on any atom is 3.00 e. The van der Waals surface area contributed by atoms with Gasteiger partial charge in [-0.1, -0.05) is 0 Å². The molecule has 0 spiro atoms. The minimum Gasteiger partial charge on any atom is -0.550 e. The van der Waals surface area contributed by atoms with Crippen LogP contribution < -0.4 is 15.3 Å². The fourth-order valence-corrected chi connectivity index (χ4v) is 1.51. The Morgan fingerprint density at radius 2 is 0.525 bits per heavy atom. The van der Waals surface area contributed by atoms with E-state index >= 15 is 0 Å². The first-order chi connectivity index (χ1) is 17.2. The minimum atomic E-state index is -5.10. The van der Waals surface area contributed by atoms with Crippen molar-refractivity contribution in [3.8, 4) is 0 Å². The number of ketones is 6. The first kappa shape index (κ1) is 44.2. The van der Waals surface area contributed by atoms with E-state index in [0.717, 1.165) is 0 Å². The van der Waals surface area contributed by atoms with E-state index in [-0.39, 0.29) is 40.8 Å². The van der Waals surface area contributed by atoms with Crippen molar-refractivity contribution in [2.24, 2.45) is 0 Å². The summed E-state index contributed by atoms with van der Waals surface area (Å²) in [6, 6.07) is 0. The number of halogens is 9. The first-order valence-corrected chi connectivity index (χ1v) is 9.14. The van der Waals surface area contributed by atoms with Crippen molar-refractivity contribution in [2.75, 3.05) is 0 Å². The number of hydrogen-bond donors (Lipinski definition) is 0. The van der Waals surface area contributed by atoms with Crippen molar-refractivity contribution < 1.29 is 139 Å². The Labute approximate surface area is 247 Å². The monoisotopic (exact) mass is 733 g/mol. The number of carbonyl (C=O) groups is 9. The molecule has 1 radical (unpaired) electrons. The van der Waals surface area contributed by atoms with Crippen LogP contribution in [0, 0.1) is 40.8 Å². The zero-order valence-corrected chi connectivity index (χ0v) is 22.3. The summed E-state index contributed by atoms with van der Waals surface area (Å²) < 4.78 is 103. The Bertz CT molecular complexity index is 859. The van der Waals surface area contributed by atoms with Gasteiger partial charge < -0.3 is 29.7 Å². The van der Waals surface area contributed by atoms with E-state index in [4.69, 9.17) is 0 Å². The van der Waals surface area contributed by atoms with Gasteiger partial charge >= 0.3 is 59.4 Å². The normalized spacial score (nSPS) is 10.7.